The maximum Gasteiger partial charge on any atom is 0.240 e. The van der Waals surface area contributed by atoms with Crippen molar-refractivity contribution in [1.82, 2.24) is 5.43 Å². The lowest BCUT2D eigenvalue weighted by Crippen LogP contribution is -2.16. The SMILES string of the molecule is CCCCCCCCCCC(=O)NN=Cc1ccc(O)c(OC)c1. The number of nitrogens with zero attached hydrogens (tertiary/aromatic N) is 1. The van der Waals surface area contributed by atoms with Crippen LogP contribution in [0.5, 0.6) is 11.5 Å². The Labute approximate surface area is 145 Å². The third-order valence-electron chi connectivity index (χ3n) is 3.86. The Morgan fingerprint density at radius 1 is 1.17 bits per heavy atom. The zero-order chi connectivity index (χ0) is 17.6. The first-order chi connectivity index (χ1) is 11.7. The molecule has 24 heavy (non-hydrogen) atoms. The normalized spacial score (nSPS) is 10.9. The zero-order valence-corrected chi connectivity index (χ0v) is 14.9. The van der Waals surface area contributed by atoms with Gasteiger partial charge in [-0.2, -0.15) is 5.10 Å². The average molecular weight is 334 g/mol. The van der Waals surface area contributed by atoms with Gasteiger partial charge < -0.3 is 9.84 Å². The van der Waals surface area contributed by atoms with Gasteiger partial charge in [0.25, 0.3) is 0 Å². The van der Waals surface area contributed by atoms with Gasteiger partial charge in [0.2, 0.25) is 5.91 Å². The Morgan fingerprint density at radius 3 is 2.50 bits per heavy atom. The maximum absolute atomic E-state index is 11.7. The fraction of sp³-hybridized carbons (Fsp3) is 0.579. The molecule has 0 aromatic heterocycles. The topological polar surface area (TPSA) is 70.9 Å². The van der Waals surface area contributed by atoms with Crippen molar-refractivity contribution in [1.29, 1.82) is 0 Å². The Hall–Kier alpha value is -2.04. The van der Waals surface area contributed by atoms with Crippen molar-refractivity contribution in [3.63, 3.8) is 0 Å². The summed E-state index contributed by atoms with van der Waals surface area (Å²) < 4.78 is 5.02. The maximum atomic E-state index is 11.7. The first-order valence-corrected chi connectivity index (χ1v) is 8.86. The predicted molar refractivity (Wildman–Crippen MR) is 97.6 cm³/mol. The number of phenolic OH excluding ortho intramolecular Hbond substituents is 1. The number of methoxy groups -OCH3 is 1. The number of carbonyl (C=O) groups is 1. The van der Waals surface area contributed by atoms with Crippen molar-refractivity contribution in [2.24, 2.45) is 5.10 Å². The first-order valence-electron chi connectivity index (χ1n) is 8.86. The fourth-order valence-corrected chi connectivity index (χ4v) is 2.43. The Balaban J connectivity index is 2.15. The van der Waals surface area contributed by atoms with E-state index in [4.69, 9.17) is 4.74 Å². The summed E-state index contributed by atoms with van der Waals surface area (Å²) in [6, 6.07) is 4.89. The number of hydrogen-bond acceptors (Lipinski definition) is 4. The van der Waals surface area contributed by atoms with Crippen LogP contribution in [0.2, 0.25) is 0 Å². The van der Waals surface area contributed by atoms with E-state index in [2.05, 4.69) is 17.5 Å². The average Bonchev–Trinajstić information content (AvgIpc) is 2.58. The second kappa shape index (κ2) is 12.4. The lowest BCUT2D eigenvalue weighted by molar-refractivity contribution is -0.121. The molecule has 0 spiro atoms. The summed E-state index contributed by atoms with van der Waals surface area (Å²) in [5.74, 6) is 0.389. The number of unbranched alkanes of at least 4 members (excludes halogenated alkanes) is 7. The van der Waals surface area contributed by atoms with Gasteiger partial charge in [0.15, 0.2) is 11.5 Å². The van der Waals surface area contributed by atoms with E-state index in [-0.39, 0.29) is 11.7 Å². The minimum absolute atomic E-state index is 0.0667. The van der Waals surface area contributed by atoms with E-state index >= 15 is 0 Å². The molecule has 5 heteroatoms. The van der Waals surface area contributed by atoms with Crippen molar-refractivity contribution >= 4 is 12.1 Å². The monoisotopic (exact) mass is 334 g/mol. The van der Waals surface area contributed by atoms with Crippen LogP contribution < -0.4 is 10.2 Å². The molecule has 1 amide bonds. The molecule has 0 unspecified atom stereocenters. The number of rotatable bonds is 12. The van der Waals surface area contributed by atoms with E-state index in [1.54, 1.807) is 12.1 Å². The molecule has 134 valence electrons. The summed E-state index contributed by atoms with van der Waals surface area (Å²) in [5, 5.41) is 13.4. The lowest BCUT2D eigenvalue weighted by Gasteiger charge is -2.04. The Bertz CT molecular complexity index is 515. The number of phenols is 1. The first kappa shape index (κ1) is 20.0. The van der Waals surface area contributed by atoms with Crippen molar-refractivity contribution in [2.45, 2.75) is 64.7 Å². The van der Waals surface area contributed by atoms with E-state index < -0.39 is 0 Å². The molecule has 2 N–H and O–H groups in total. The summed E-state index contributed by atoms with van der Waals surface area (Å²) >= 11 is 0. The number of ether oxygens (including phenoxy) is 1. The van der Waals surface area contributed by atoms with Crippen molar-refractivity contribution in [3.05, 3.63) is 23.8 Å². The highest BCUT2D eigenvalue weighted by Gasteiger charge is 2.02. The third-order valence-corrected chi connectivity index (χ3v) is 3.86. The quantitative estimate of drug-likeness (QED) is 0.338. The molecule has 0 aliphatic rings. The van der Waals surface area contributed by atoms with Gasteiger partial charge in [-0.3, -0.25) is 4.79 Å². The van der Waals surface area contributed by atoms with E-state index in [0.29, 0.717) is 12.2 Å². The third kappa shape index (κ3) is 8.56. The zero-order valence-electron chi connectivity index (χ0n) is 14.9. The van der Waals surface area contributed by atoms with Gasteiger partial charge >= 0.3 is 0 Å². The molecule has 0 aliphatic carbocycles. The minimum atomic E-state index is -0.0667. The number of nitrogens with one attached hydrogen (secondary N) is 1. The van der Waals surface area contributed by atoms with E-state index in [1.165, 1.54) is 57.9 Å². The summed E-state index contributed by atoms with van der Waals surface area (Å²) in [7, 11) is 1.49. The summed E-state index contributed by atoms with van der Waals surface area (Å²) in [6.07, 6.45) is 11.7. The molecule has 0 saturated heterocycles. The van der Waals surface area contributed by atoms with Gasteiger partial charge in [0.1, 0.15) is 0 Å². The number of benzene rings is 1. The summed E-state index contributed by atoms with van der Waals surface area (Å²) in [4.78, 5) is 11.7. The number of aromatic hydroxyl groups is 1. The molecule has 5 nitrogen and oxygen atoms in total. The molecular weight excluding hydrogens is 304 g/mol. The molecule has 0 heterocycles. The summed E-state index contributed by atoms with van der Waals surface area (Å²) in [6.45, 7) is 2.22. The Morgan fingerprint density at radius 2 is 1.83 bits per heavy atom. The Kier molecular flexibility index (Phi) is 10.3. The molecule has 0 bridgehead atoms. The molecule has 0 saturated carbocycles. The molecule has 0 radical (unpaired) electrons. The van der Waals surface area contributed by atoms with Crippen LogP contribution in [0, 0.1) is 0 Å². The number of carbonyl (C=O) groups excluding carboxylic acids is 1. The predicted octanol–water partition coefficient (Wildman–Crippen LogP) is 4.38. The molecule has 0 fully saturated rings. The summed E-state index contributed by atoms with van der Waals surface area (Å²) in [5.41, 5.74) is 3.28. The van der Waals surface area contributed by atoms with Gasteiger partial charge in [-0.05, 0) is 30.2 Å². The van der Waals surface area contributed by atoms with E-state index in [9.17, 15) is 9.90 Å². The van der Waals surface area contributed by atoms with Crippen LogP contribution >= 0.6 is 0 Å². The van der Waals surface area contributed by atoms with Gasteiger partial charge in [-0.25, -0.2) is 5.43 Å². The number of hydrazone groups is 1. The molecule has 1 rings (SSSR count). The van der Waals surface area contributed by atoms with Gasteiger partial charge in [0, 0.05) is 6.42 Å². The number of hydrogen-bond donors (Lipinski definition) is 2. The second-order valence-corrected chi connectivity index (χ2v) is 5.95. The van der Waals surface area contributed by atoms with Gasteiger partial charge in [-0.15, -0.1) is 0 Å². The van der Waals surface area contributed by atoms with Crippen LogP contribution in [0.15, 0.2) is 23.3 Å². The van der Waals surface area contributed by atoms with Gasteiger partial charge in [-0.1, -0.05) is 51.9 Å². The van der Waals surface area contributed by atoms with Crippen molar-refractivity contribution < 1.29 is 14.6 Å². The largest absolute Gasteiger partial charge is 0.504 e. The van der Waals surface area contributed by atoms with Crippen molar-refractivity contribution in [2.75, 3.05) is 7.11 Å². The van der Waals surface area contributed by atoms with E-state index in [0.717, 1.165) is 18.4 Å². The highest BCUT2D eigenvalue weighted by Crippen LogP contribution is 2.25. The van der Waals surface area contributed by atoms with Crippen LogP contribution in [-0.4, -0.2) is 24.3 Å². The van der Waals surface area contributed by atoms with Crippen LogP contribution in [0.25, 0.3) is 0 Å². The van der Waals surface area contributed by atoms with E-state index in [1.807, 2.05) is 0 Å². The molecule has 0 aliphatic heterocycles. The highest BCUT2D eigenvalue weighted by atomic mass is 16.5. The second-order valence-electron chi connectivity index (χ2n) is 5.95. The highest BCUT2D eigenvalue weighted by molar-refractivity contribution is 5.83. The minimum Gasteiger partial charge on any atom is -0.504 e. The molecule has 1 aromatic carbocycles. The molecule has 1 aromatic rings. The lowest BCUT2D eigenvalue weighted by atomic mass is 10.1. The van der Waals surface area contributed by atoms with Gasteiger partial charge in [0.05, 0.1) is 13.3 Å². The molecule has 0 atom stereocenters. The van der Waals surface area contributed by atoms with Crippen molar-refractivity contribution in [3.8, 4) is 11.5 Å². The fourth-order valence-electron chi connectivity index (χ4n) is 2.43. The van der Waals surface area contributed by atoms with Crippen LogP contribution in [-0.2, 0) is 4.79 Å². The van der Waals surface area contributed by atoms with Crippen LogP contribution in [0.3, 0.4) is 0 Å². The standard InChI is InChI=1S/C19H30N2O3/c1-3-4-5-6-7-8-9-10-11-19(23)21-20-15-16-12-13-17(22)18(14-16)24-2/h12-15,22H,3-11H2,1-2H3,(H,21,23). The number of amides is 1. The van der Waals surface area contributed by atoms with Crippen LogP contribution in [0.1, 0.15) is 70.3 Å². The van der Waals surface area contributed by atoms with Crippen LogP contribution in [0.4, 0.5) is 0 Å². The smallest absolute Gasteiger partial charge is 0.240 e. The molecular formula is C19H30N2O3.